The summed E-state index contributed by atoms with van der Waals surface area (Å²) in [5.74, 6) is 2.10. The van der Waals surface area contributed by atoms with Crippen LogP contribution >= 0.6 is 0 Å². The van der Waals surface area contributed by atoms with Gasteiger partial charge < -0.3 is 24.4 Å². The van der Waals surface area contributed by atoms with Crippen LogP contribution in [0.15, 0.2) is 78.9 Å². The highest BCUT2D eigenvalue weighted by molar-refractivity contribution is 5.95. The molecule has 0 radical (unpaired) electrons. The van der Waals surface area contributed by atoms with Crippen molar-refractivity contribution in [3.05, 3.63) is 95.6 Å². The summed E-state index contributed by atoms with van der Waals surface area (Å²) in [6, 6.07) is 26.5. The summed E-state index contributed by atoms with van der Waals surface area (Å²) in [6.07, 6.45) is 2.59. The molecule has 2 unspecified atom stereocenters. The number of ether oxygens (including phenoxy) is 3. The number of methoxy groups -OCH3 is 2. The minimum absolute atomic E-state index is 0.0238. The summed E-state index contributed by atoms with van der Waals surface area (Å²) in [5, 5.41) is 3.57. The van der Waals surface area contributed by atoms with Crippen molar-refractivity contribution in [1.82, 2.24) is 10.2 Å². The molecule has 1 aliphatic heterocycles. The van der Waals surface area contributed by atoms with Crippen LogP contribution < -0.4 is 14.8 Å². The van der Waals surface area contributed by atoms with Crippen molar-refractivity contribution in [2.75, 3.05) is 53.6 Å². The average Bonchev–Trinajstić information content (AvgIpc) is 3.40. The Balaban J connectivity index is 1.51. The molecule has 1 saturated heterocycles. The van der Waals surface area contributed by atoms with Gasteiger partial charge in [-0.25, -0.2) is 0 Å². The lowest BCUT2D eigenvalue weighted by Gasteiger charge is -2.29. The van der Waals surface area contributed by atoms with E-state index in [9.17, 15) is 4.79 Å². The smallest absolute Gasteiger partial charge is 0.254 e. The van der Waals surface area contributed by atoms with E-state index in [2.05, 4.69) is 59.9 Å². The zero-order valence-electron chi connectivity index (χ0n) is 22.6. The molecule has 0 aromatic heterocycles. The van der Waals surface area contributed by atoms with Crippen LogP contribution in [-0.4, -0.2) is 64.4 Å². The summed E-state index contributed by atoms with van der Waals surface area (Å²) in [7, 11) is 3.29. The fraction of sp³-hybridized carbons (Fsp3) is 0.406. The maximum absolute atomic E-state index is 13.9. The molecule has 0 bridgehead atoms. The van der Waals surface area contributed by atoms with E-state index in [1.807, 2.05) is 29.2 Å². The zero-order valence-corrected chi connectivity index (χ0v) is 22.6. The van der Waals surface area contributed by atoms with E-state index < -0.39 is 0 Å². The molecular weight excluding hydrogens is 476 g/mol. The second kappa shape index (κ2) is 14.6. The summed E-state index contributed by atoms with van der Waals surface area (Å²) in [5.41, 5.74) is 3.19. The van der Waals surface area contributed by atoms with Gasteiger partial charge in [-0.1, -0.05) is 60.7 Å². The SMILES string of the molecule is COCCCOc1cc(C(=O)N(CCc2ccccc2)CC2CNCC2Cc2ccccc2)ccc1OC. The quantitative estimate of drug-likeness (QED) is 0.310. The van der Waals surface area contributed by atoms with Crippen LogP contribution in [-0.2, 0) is 17.6 Å². The van der Waals surface area contributed by atoms with Crippen molar-refractivity contribution in [1.29, 1.82) is 0 Å². The number of nitrogens with one attached hydrogen (secondary N) is 1. The van der Waals surface area contributed by atoms with Crippen molar-refractivity contribution in [2.45, 2.75) is 19.3 Å². The minimum Gasteiger partial charge on any atom is -0.493 e. The van der Waals surface area contributed by atoms with Gasteiger partial charge in [-0.2, -0.15) is 0 Å². The first-order valence-electron chi connectivity index (χ1n) is 13.6. The van der Waals surface area contributed by atoms with Crippen LogP contribution in [0.4, 0.5) is 0 Å². The predicted octanol–water partition coefficient (Wildman–Crippen LogP) is 4.87. The van der Waals surface area contributed by atoms with E-state index >= 15 is 0 Å². The van der Waals surface area contributed by atoms with Crippen molar-refractivity contribution >= 4 is 5.91 Å². The van der Waals surface area contributed by atoms with Gasteiger partial charge in [0.1, 0.15) is 0 Å². The summed E-state index contributed by atoms with van der Waals surface area (Å²) in [6.45, 7) is 4.38. The van der Waals surface area contributed by atoms with Gasteiger partial charge >= 0.3 is 0 Å². The molecule has 1 fully saturated rings. The topological polar surface area (TPSA) is 60.0 Å². The normalized spacial score (nSPS) is 16.8. The summed E-state index contributed by atoms with van der Waals surface area (Å²) < 4.78 is 16.6. The predicted molar refractivity (Wildman–Crippen MR) is 151 cm³/mol. The van der Waals surface area contributed by atoms with E-state index in [0.29, 0.717) is 55.2 Å². The van der Waals surface area contributed by atoms with Crippen molar-refractivity contribution in [3.8, 4) is 11.5 Å². The molecule has 6 heteroatoms. The molecule has 0 saturated carbocycles. The second-order valence-electron chi connectivity index (χ2n) is 9.92. The molecule has 0 aliphatic carbocycles. The maximum atomic E-state index is 13.9. The van der Waals surface area contributed by atoms with Gasteiger partial charge in [-0.3, -0.25) is 4.79 Å². The molecule has 0 spiro atoms. The Hall–Kier alpha value is -3.35. The lowest BCUT2D eigenvalue weighted by atomic mass is 9.89. The molecule has 2 atom stereocenters. The van der Waals surface area contributed by atoms with Gasteiger partial charge in [0.2, 0.25) is 0 Å². The number of hydrogen-bond donors (Lipinski definition) is 1. The number of carbonyl (C=O) groups is 1. The van der Waals surface area contributed by atoms with Crippen molar-refractivity contribution in [3.63, 3.8) is 0 Å². The second-order valence-corrected chi connectivity index (χ2v) is 9.92. The van der Waals surface area contributed by atoms with Crippen molar-refractivity contribution < 1.29 is 19.0 Å². The van der Waals surface area contributed by atoms with E-state index in [1.54, 1.807) is 14.2 Å². The first kappa shape index (κ1) is 27.7. The number of benzene rings is 3. The number of rotatable bonds is 14. The molecule has 6 nitrogen and oxygen atoms in total. The van der Waals surface area contributed by atoms with Crippen LogP contribution in [0.5, 0.6) is 11.5 Å². The minimum atomic E-state index is 0.0238. The molecule has 1 amide bonds. The largest absolute Gasteiger partial charge is 0.493 e. The summed E-state index contributed by atoms with van der Waals surface area (Å²) in [4.78, 5) is 16.0. The fourth-order valence-electron chi connectivity index (χ4n) is 5.11. The van der Waals surface area contributed by atoms with Gasteiger partial charge in [-0.05, 0) is 67.1 Å². The number of carbonyl (C=O) groups excluding carboxylic acids is 1. The molecule has 1 aliphatic rings. The first-order valence-corrected chi connectivity index (χ1v) is 13.6. The van der Waals surface area contributed by atoms with Crippen LogP contribution in [0.1, 0.15) is 27.9 Å². The first-order chi connectivity index (χ1) is 18.7. The fourth-order valence-corrected chi connectivity index (χ4v) is 5.11. The van der Waals surface area contributed by atoms with E-state index in [1.165, 1.54) is 11.1 Å². The third kappa shape index (κ3) is 7.83. The van der Waals surface area contributed by atoms with Gasteiger partial charge in [-0.15, -0.1) is 0 Å². The highest BCUT2D eigenvalue weighted by Gasteiger charge is 2.31. The van der Waals surface area contributed by atoms with E-state index in [0.717, 1.165) is 32.4 Å². The lowest BCUT2D eigenvalue weighted by Crippen LogP contribution is -2.39. The standard InChI is InChI=1S/C32H40N2O4/c1-36-18-9-19-38-31-21-27(14-15-30(31)37-2)32(35)34(17-16-25-10-5-3-6-11-25)24-29-23-33-22-28(29)20-26-12-7-4-8-13-26/h3-8,10-15,21,28-29,33H,9,16-20,22-24H2,1-2H3. The van der Waals surface area contributed by atoms with E-state index in [-0.39, 0.29) is 5.91 Å². The monoisotopic (exact) mass is 516 g/mol. The highest BCUT2D eigenvalue weighted by atomic mass is 16.5. The summed E-state index contributed by atoms with van der Waals surface area (Å²) >= 11 is 0. The average molecular weight is 517 g/mol. The van der Waals surface area contributed by atoms with Crippen LogP contribution in [0, 0.1) is 11.8 Å². The third-order valence-corrected chi connectivity index (χ3v) is 7.24. The molecule has 4 rings (SSSR count). The lowest BCUT2D eigenvalue weighted by molar-refractivity contribution is 0.0721. The van der Waals surface area contributed by atoms with Gasteiger partial charge in [0, 0.05) is 38.8 Å². The zero-order chi connectivity index (χ0) is 26.6. The van der Waals surface area contributed by atoms with Crippen molar-refractivity contribution in [2.24, 2.45) is 11.8 Å². The Morgan fingerprint density at radius 1 is 0.868 bits per heavy atom. The Bertz CT molecular complexity index is 1120. The molecule has 1 heterocycles. The Kier molecular flexibility index (Phi) is 10.6. The number of nitrogens with zero attached hydrogens (tertiary/aromatic N) is 1. The maximum Gasteiger partial charge on any atom is 0.254 e. The molecular formula is C32H40N2O4. The number of amides is 1. The van der Waals surface area contributed by atoms with Gasteiger partial charge in [0.05, 0.1) is 13.7 Å². The highest BCUT2D eigenvalue weighted by Crippen LogP contribution is 2.30. The van der Waals surface area contributed by atoms with Gasteiger partial charge in [0.25, 0.3) is 5.91 Å². The van der Waals surface area contributed by atoms with Gasteiger partial charge in [0.15, 0.2) is 11.5 Å². The molecule has 3 aromatic rings. The molecule has 38 heavy (non-hydrogen) atoms. The molecule has 3 aromatic carbocycles. The van der Waals surface area contributed by atoms with E-state index in [4.69, 9.17) is 14.2 Å². The Morgan fingerprint density at radius 3 is 2.29 bits per heavy atom. The Morgan fingerprint density at radius 2 is 1.58 bits per heavy atom. The Labute approximate surface area is 226 Å². The number of hydrogen-bond acceptors (Lipinski definition) is 5. The third-order valence-electron chi connectivity index (χ3n) is 7.24. The molecule has 1 N–H and O–H groups in total. The van der Waals surface area contributed by atoms with Crippen LogP contribution in [0.25, 0.3) is 0 Å². The van der Waals surface area contributed by atoms with Crippen LogP contribution in [0.2, 0.25) is 0 Å². The van der Waals surface area contributed by atoms with Crippen LogP contribution in [0.3, 0.4) is 0 Å². The molecule has 202 valence electrons.